The van der Waals surface area contributed by atoms with Gasteiger partial charge in [0, 0.05) is 30.1 Å². The van der Waals surface area contributed by atoms with E-state index in [1.54, 1.807) is 6.20 Å². The Morgan fingerprint density at radius 1 is 1.18 bits per heavy atom. The Hall–Kier alpha value is -1.87. The molecule has 0 radical (unpaired) electrons. The van der Waals surface area contributed by atoms with E-state index >= 15 is 0 Å². The van der Waals surface area contributed by atoms with Crippen LogP contribution in [0.4, 0.5) is 0 Å². The van der Waals surface area contributed by atoms with Gasteiger partial charge in [-0.2, -0.15) is 0 Å². The first-order valence-corrected chi connectivity index (χ1v) is 5.64. The summed E-state index contributed by atoms with van der Waals surface area (Å²) in [6, 6.07) is 12.0. The third-order valence-electron chi connectivity index (χ3n) is 2.46. The number of para-hydroxylation sites is 1. The summed E-state index contributed by atoms with van der Waals surface area (Å²) in [5, 5.41) is 3.13. The van der Waals surface area contributed by atoms with Crippen molar-refractivity contribution in [3.63, 3.8) is 0 Å². The van der Waals surface area contributed by atoms with E-state index in [4.69, 9.17) is 4.74 Å². The van der Waals surface area contributed by atoms with Crippen LogP contribution in [-0.2, 0) is 13.2 Å². The summed E-state index contributed by atoms with van der Waals surface area (Å²) >= 11 is 0. The van der Waals surface area contributed by atoms with Gasteiger partial charge in [-0.15, -0.1) is 0 Å². The summed E-state index contributed by atoms with van der Waals surface area (Å²) in [5.74, 6) is 0.922. The van der Waals surface area contributed by atoms with Gasteiger partial charge in [-0.3, -0.25) is 4.98 Å². The van der Waals surface area contributed by atoms with Gasteiger partial charge >= 0.3 is 0 Å². The molecule has 0 spiro atoms. The molecule has 3 nitrogen and oxygen atoms in total. The van der Waals surface area contributed by atoms with Crippen molar-refractivity contribution in [1.82, 2.24) is 10.3 Å². The van der Waals surface area contributed by atoms with Gasteiger partial charge in [-0.05, 0) is 19.2 Å². The summed E-state index contributed by atoms with van der Waals surface area (Å²) in [7, 11) is 1.93. The number of ether oxygens (including phenoxy) is 1. The standard InChI is InChI=1S/C14H16N2O/c1-15-10-13-6-2-3-7-14(13)17-11-12-5-4-8-16-9-12/h2-9,15H,10-11H2,1H3. The zero-order valence-electron chi connectivity index (χ0n) is 9.89. The van der Waals surface area contributed by atoms with Gasteiger partial charge < -0.3 is 10.1 Å². The molecule has 1 heterocycles. The highest BCUT2D eigenvalue weighted by Crippen LogP contribution is 2.18. The van der Waals surface area contributed by atoms with Gasteiger partial charge in [0.25, 0.3) is 0 Å². The maximum atomic E-state index is 5.80. The molecule has 1 aromatic heterocycles. The van der Waals surface area contributed by atoms with Gasteiger partial charge in [-0.1, -0.05) is 24.3 Å². The second-order valence-electron chi connectivity index (χ2n) is 3.79. The number of hydrogen-bond donors (Lipinski definition) is 1. The molecule has 0 aliphatic heterocycles. The zero-order valence-corrected chi connectivity index (χ0v) is 9.89. The van der Waals surface area contributed by atoms with Crippen molar-refractivity contribution in [3.8, 4) is 5.75 Å². The van der Waals surface area contributed by atoms with E-state index in [1.165, 1.54) is 5.56 Å². The third kappa shape index (κ3) is 3.29. The minimum atomic E-state index is 0.550. The molecule has 17 heavy (non-hydrogen) atoms. The molecule has 0 atom stereocenters. The average molecular weight is 228 g/mol. The smallest absolute Gasteiger partial charge is 0.124 e. The zero-order chi connectivity index (χ0) is 11.9. The lowest BCUT2D eigenvalue weighted by Crippen LogP contribution is -2.07. The van der Waals surface area contributed by atoms with Crippen LogP contribution in [0.1, 0.15) is 11.1 Å². The van der Waals surface area contributed by atoms with Crippen molar-refractivity contribution in [3.05, 3.63) is 59.9 Å². The Morgan fingerprint density at radius 3 is 2.82 bits per heavy atom. The monoisotopic (exact) mass is 228 g/mol. The van der Waals surface area contributed by atoms with Crippen molar-refractivity contribution in [2.75, 3.05) is 7.05 Å². The number of benzene rings is 1. The fourth-order valence-corrected chi connectivity index (χ4v) is 1.63. The van der Waals surface area contributed by atoms with E-state index < -0.39 is 0 Å². The predicted octanol–water partition coefficient (Wildman–Crippen LogP) is 2.38. The molecule has 3 heteroatoms. The van der Waals surface area contributed by atoms with E-state index in [0.717, 1.165) is 17.9 Å². The highest BCUT2D eigenvalue weighted by atomic mass is 16.5. The highest BCUT2D eigenvalue weighted by Gasteiger charge is 2.02. The Bertz CT molecular complexity index is 457. The number of aromatic nitrogens is 1. The van der Waals surface area contributed by atoms with Crippen LogP contribution in [0.3, 0.4) is 0 Å². The minimum Gasteiger partial charge on any atom is -0.489 e. The predicted molar refractivity (Wildman–Crippen MR) is 67.8 cm³/mol. The van der Waals surface area contributed by atoms with Crippen LogP contribution >= 0.6 is 0 Å². The van der Waals surface area contributed by atoms with Crippen LogP contribution < -0.4 is 10.1 Å². The largest absolute Gasteiger partial charge is 0.489 e. The number of hydrogen-bond acceptors (Lipinski definition) is 3. The molecule has 0 saturated carbocycles. The van der Waals surface area contributed by atoms with Crippen molar-refractivity contribution >= 4 is 0 Å². The molecule has 0 amide bonds. The average Bonchev–Trinajstić information content (AvgIpc) is 2.39. The van der Waals surface area contributed by atoms with Crippen molar-refractivity contribution in [2.24, 2.45) is 0 Å². The maximum absolute atomic E-state index is 5.80. The van der Waals surface area contributed by atoms with Gasteiger partial charge in [-0.25, -0.2) is 0 Å². The molecule has 2 aromatic rings. The van der Waals surface area contributed by atoms with Crippen LogP contribution in [0, 0.1) is 0 Å². The van der Waals surface area contributed by atoms with Crippen molar-refractivity contribution in [2.45, 2.75) is 13.2 Å². The molecule has 0 unspecified atom stereocenters. The van der Waals surface area contributed by atoms with Gasteiger partial charge in [0.15, 0.2) is 0 Å². The Balaban J connectivity index is 2.03. The number of nitrogens with one attached hydrogen (secondary N) is 1. The summed E-state index contributed by atoms with van der Waals surface area (Å²) in [4.78, 5) is 4.06. The number of rotatable bonds is 5. The molecule has 0 bridgehead atoms. The lowest BCUT2D eigenvalue weighted by molar-refractivity contribution is 0.302. The first kappa shape index (κ1) is 11.6. The van der Waals surface area contributed by atoms with Crippen molar-refractivity contribution in [1.29, 1.82) is 0 Å². The number of nitrogens with zero attached hydrogens (tertiary/aromatic N) is 1. The molecule has 0 aliphatic carbocycles. The second kappa shape index (κ2) is 6.01. The molecule has 88 valence electrons. The second-order valence-corrected chi connectivity index (χ2v) is 3.79. The molecule has 2 rings (SSSR count). The highest BCUT2D eigenvalue weighted by molar-refractivity contribution is 5.33. The van der Waals surface area contributed by atoms with E-state index in [-0.39, 0.29) is 0 Å². The van der Waals surface area contributed by atoms with E-state index in [9.17, 15) is 0 Å². The quantitative estimate of drug-likeness (QED) is 0.853. The van der Waals surface area contributed by atoms with Crippen LogP contribution in [0.25, 0.3) is 0 Å². The summed E-state index contributed by atoms with van der Waals surface area (Å²) in [6.07, 6.45) is 3.58. The topological polar surface area (TPSA) is 34.1 Å². The van der Waals surface area contributed by atoms with Gasteiger partial charge in [0.2, 0.25) is 0 Å². The Labute approximate surface area is 101 Å². The summed E-state index contributed by atoms with van der Waals surface area (Å²) in [5.41, 5.74) is 2.24. The third-order valence-corrected chi connectivity index (χ3v) is 2.46. The molecular weight excluding hydrogens is 212 g/mol. The van der Waals surface area contributed by atoms with Crippen LogP contribution in [0.2, 0.25) is 0 Å². The van der Waals surface area contributed by atoms with Gasteiger partial charge in [0.05, 0.1) is 0 Å². The van der Waals surface area contributed by atoms with E-state index in [1.807, 2.05) is 43.6 Å². The molecule has 1 aromatic carbocycles. The SMILES string of the molecule is CNCc1ccccc1OCc1cccnc1. The molecule has 0 aliphatic rings. The molecule has 0 fully saturated rings. The van der Waals surface area contributed by atoms with Crippen LogP contribution in [0.5, 0.6) is 5.75 Å². The first-order valence-electron chi connectivity index (χ1n) is 5.64. The normalized spacial score (nSPS) is 10.2. The lowest BCUT2D eigenvalue weighted by atomic mass is 10.2. The first-order chi connectivity index (χ1) is 8.40. The maximum Gasteiger partial charge on any atom is 0.124 e. The number of pyridine rings is 1. The summed E-state index contributed by atoms with van der Waals surface area (Å²) < 4.78 is 5.80. The minimum absolute atomic E-state index is 0.550. The molecular formula is C14H16N2O. The Morgan fingerprint density at radius 2 is 2.06 bits per heavy atom. The summed E-state index contributed by atoms with van der Waals surface area (Å²) in [6.45, 7) is 1.36. The van der Waals surface area contributed by atoms with Gasteiger partial charge in [0.1, 0.15) is 12.4 Å². The van der Waals surface area contributed by atoms with E-state index in [0.29, 0.717) is 6.61 Å². The molecule has 1 N–H and O–H groups in total. The van der Waals surface area contributed by atoms with Crippen LogP contribution in [0.15, 0.2) is 48.8 Å². The van der Waals surface area contributed by atoms with E-state index in [2.05, 4.69) is 16.4 Å². The van der Waals surface area contributed by atoms with Crippen LogP contribution in [-0.4, -0.2) is 12.0 Å². The fraction of sp³-hybridized carbons (Fsp3) is 0.214. The fourth-order valence-electron chi connectivity index (χ4n) is 1.63. The lowest BCUT2D eigenvalue weighted by Gasteiger charge is -2.10. The van der Waals surface area contributed by atoms with Crippen molar-refractivity contribution < 1.29 is 4.74 Å². The Kier molecular flexibility index (Phi) is 4.11. The molecule has 0 saturated heterocycles.